The fraction of sp³-hybridized carbons (Fsp3) is 0.435. The fourth-order valence-electron chi connectivity index (χ4n) is 3.94. The second-order valence-corrected chi connectivity index (χ2v) is 9.77. The number of aryl methyl sites for hydroxylation is 1. The lowest BCUT2D eigenvalue weighted by Gasteiger charge is -2.22. The van der Waals surface area contributed by atoms with Crippen LogP contribution in [-0.2, 0) is 16.5 Å². The Bertz CT molecular complexity index is 1320. The normalized spacial score (nSPS) is 15.5. The maximum Gasteiger partial charge on any atom is 0.347 e. The highest BCUT2D eigenvalue weighted by Crippen LogP contribution is 2.31. The van der Waals surface area contributed by atoms with Crippen molar-refractivity contribution in [1.82, 2.24) is 14.9 Å². The molecule has 12 heteroatoms. The van der Waals surface area contributed by atoms with Crippen LogP contribution in [0.5, 0.6) is 5.75 Å². The lowest BCUT2D eigenvalue weighted by atomic mass is 10.1. The van der Waals surface area contributed by atoms with Gasteiger partial charge in [0.15, 0.2) is 0 Å². The van der Waals surface area contributed by atoms with Crippen LogP contribution in [0.1, 0.15) is 18.9 Å². The molecule has 0 radical (unpaired) electrons. The first kappa shape index (κ1) is 28.2. The summed E-state index contributed by atoms with van der Waals surface area (Å²) >= 11 is 0. The van der Waals surface area contributed by atoms with Crippen molar-refractivity contribution < 1.29 is 27.6 Å². The molecule has 1 atom stereocenters. The topological polar surface area (TPSA) is 158 Å². The maximum atomic E-state index is 12.8. The van der Waals surface area contributed by atoms with Gasteiger partial charge in [-0.3, -0.25) is 4.55 Å². The van der Waals surface area contributed by atoms with Crippen LogP contribution < -0.4 is 15.3 Å². The molecule has 0 spiro atoms. The van der Waals surface area contributed by atoms with Crippen LogP contribution in [0.3, 0.4) is 0 Å². The molecule has 1 aromatic carbocycles. The predicted molar refractivity (Wildman–Crippen MR) is 135 cm³/mol. The largest absolute Gasteiger partial charge is 0.497 e. The van der Waals surface area contributed by atoms with Crippen molar-refractivity contribution >= 4 is 26.8 Å². The average molecular weight is 509 g/mol. The number of rotatable bonds is 5. The van der Waals surface area contributed by atoms with E-state index in [9.17, 15) is 13.2 Å². The smallest absolute Gasteiger partial charge is 0.347 e. The molecule has 1 aliphatic rings. The molecular formula is C23H32N4O7S. The van der Waals surface area contributed by atoms with Crippen molar-refractivity contribution in [2.75, 3.05) is 45.5 Å². The zero-order valence-electron chi connectivity index (χ0n) is 20.5. The lowest BCUT2D eigenvalue weighted by molar-refractivity contribution is 0.315. The van der Waals surface area contributed by atoms with Gasteiger partial charge in [0.25, 0.3) is 10.1 Å². The summed E-state index contributed by atoms with van der Waals surface area (Å²) in [5.41, 5.74) is 1.79. The SMILES string of the molecule is CCc1cc(OC)cc2nc(-c3cccnc3N3CC[C@H](N(C)C)C3)oc(=O)c12.CS(=O)(=O)O.O. The van der Waals surface area contributed by atoms with Gasteiger partial charge in [-0.15, -0.1) is 0 Å². The molecule has 4 rings (SSSR count). The fourth-order valence-corrected chi connectivity index (χ4v) is 3.94. The van der Waals surface area contributed by atoms with Crippen LogP contribution >= 0.6 is 0 Å². The monoisotopic (exact) mass is 508 g/mol. The highest BCUT2D eigenvalue weighted by molar-refractivity contribution is 7.85. The molecule has 3 N–H and O–H groups in total. The van der Waals surface area contributed by atoms with Gasteiger partial charge in [0.2, 0.25) is 5.89 Å². The van der Waals surface area contributed by atoms with Gasteiger partial charge in [-0.2, -0.15) is 8.42 Å². The van der Waals surface area contributed by atoms with E-state index in [0.29, 0.717) is 35.4 Å². The summed E-state index contributed by atoms with van der Waals surface area (Å²) in [7, 11) is 2.13. The molecule has 1 saturated heterocycles. The van der Waals surface area contributed by atoms with Crippen LogP contribution in [0.15, 0.2) is 39.7 Å². The minimum Gasteiger partial charge on any atom is -0.497 e. The minimum atomic E-state index is -3.67. The summed E-state index contributed by atoms with van der Waals surface area (Å²) in [4.78, 5) is 26.6. The molecule has 1 aliphatic heterocycles. The molecule has 35 heavy (non-hydrogen) atoms. The average Bonchev–Trinajstić information content (AvgIpc) is 3.27. The van der Waals surface area contributed by atoms with Crippen molar-refractivity contribution in [2.24, 2.45) is 0 Å². The molecule has 0 unspecified atom stereocenters. The Hall–Kier alpha value is -3.06. The number of methoxy groups -OCH3 is 1. The molecule has 0 aliphatic carbocycles. The van der Waals surface area contributed by atoms with Crippen LogP contribution in [0.4, 0.5) is 5.82 Å². The first-order valence-corrected chi connectivity index (χ1v) is 12.7. The number of likely N-dealkylation sites (N-methyl/N-ethyl adjacent to an activating group) is 1. The second kappa shape index (κ2) is 11.6. The van der Waals surface area contributed by atoms with Crippen molar-refractivity contribution in [3.63, 3.8) is 0 Å². The van der Waals surface area contributed by atoms with E-state index in [2.05, 4.69) is 33.9 Å². The number of hydrogen-bond acceptors (Lipinski definition) is 9. The summed E-state index contributed by atoms with van der Waals surface area (Å²) < 4.78 is 36.9. The zero-order chi connectivity index (χ0) is 25.0. The van der Waals surface area contributed by atoms with E-state index in [4.69, 9.17) is 13.7 Å². The Kier molecular flexibility index (Phi) is 9.32. The van der Waals surface area contributed by atoms with E-state index in [0.717, 1.165) is 36.5 Å². The standard InChI is InChI=1S/C22H26N4O3.CH4O3S.H2O/c1-5-14-11-16(28-4)12-18-19(14)22(27)29-21(24-18)17-7-6-9-23-20(17)26-10-8-15(13-26)25(2)3;1-5(2,3)4;/h6-7,9,11-12,15H,5,8,10,13H2,1-4H3;1H3,(H,2,3,4);1H2/t15-;;/m0../s1. The van der Waals surface area contributed by atoms with Gasteiger partial charge in [0, 0.05) is 31.4 Å². The quantitative estimate of drug-likeness (QED) is 0.502. The van der Waals surface area contributed by atoms with Crippen LogP contribution in [-0.4, -0.2) is 79.9 Å². The summed E-state index contributed by atoms with van der Waals surface area (Å²) in [6.45, 7) is 3.77. The molecule has 1 fully saturated rings. The molecule has 3 aromatic rings. The Morgan fingerprint density at radius 2 is 2.00 bits per heavy atom. The van der Waals surface area contributed by atoms with Crippen molar-refractivity contribution in [2.45, 2.75) is 25.8 Å². The van der Waals surface area contributed by atoms with E-state index in [1.807, 2.05) is 25.1 Å². The van der Waals surface area contributed by atoms with Crippen LogP contribution in [0.25, 0.3) is 22.4 Å². The zero-order valence-corrected chi connectivity index (χ0v) is 21.3. The summed E-state index contributed by atoms with van der Waals surface area (Å²) in [6.07, 6.45) is 4.23. The molecule has 11 nitrogen and oxygen atoms in total. The minimum absolute atomic E-state index is 0. The van der Waals surface area contributed by atoms with E-state index in [-0.39, 0.29) is 17.0 Å². The molecule has 3 heterocycles. The molecule has 192 valence electrons. The highest BCUT2D eigenvalue weighted by Gasteiger charge is 2.27. The third-order valence-corrected chi connectivity index (χ3v) is 5.62. The van der Waals surface area contributed by atoms with Gasteiger partial charge in [-0.05, 0) is 50.7 Å². The number of fused-ring (bicyclic) bond motifs is 1. The van der Waals surface area contributed by atoms with Gasteiger partial charge in [0.05, 0.1) is 29.8 Å². The summed E-state index contributed by atoms with van der Waals surface area (Å²) in [6, 6.07) is 7.86. The van der Waals surface area contributed by atoms with Crippen LogP contribution in [0.2, 0.25) is 0 Å². The Balaban J connectivity index is 0.000000656. The van der Waals surface area contributed by atoms with E-state index < -0.39 is 10.1 Å². The Morgan fingerprint density at radius 3 is 2.57 bits per heavy atom. The number of benzene rings is 1. The molecular weight excluding hydrogens is 476 g/mol. The van der Waals surface area contributed by atoms with Crippen molar-refractivity contribution in [3.8, 4) is 17.2 Å². The second-order valence-electron chi connectivity index (χ2n) is 8.30. The number of hydrogen-bond donors (Lipinski definition) is 1. The highest BCUT2D eigenvalue weighted by atomic mass is 32.2. The molecule has 0 saturated carbocycles. The maximum absolute atomic E-state index is 12.8. The number of aromatic nitrogens is 2. The number of nitrogens with zero attached hydrogens (tertiary/aromatic N) is 4. The number of ether oxygens (including phenoxy) is 1. The van der Waals surface area contributed by atoms with E-state index in [1.54, 1.807) is 19.4 Å². The van der Waals surface area contributed by atoms with Crippen molar-refractivity contribution in [1.29, 1.82) is 0 Å². The van der Waals surface area contributed by atoms with E-state index >= 15 is 0 Å². The summed E-state index contributed by atoms with van der Waals surface area (Å²) in [5, 5.41) is 0.510. The van der Waals surface area contributed by atoms with E-state index in [1.165, 1.54) is 0 Å². The molecule has 0 bridgehead atoms. The Morgan fingerprint density at radius 1 is 1.31 bits per heavy atom. The third-order valence-electron chi connectivity index (χ3n) is 5.62. The summed E-state index contributed by atoms with van der Waals surface area (Å²) in [5.74, 6) is 1.76. The van der Waals surface area contributed by atoms with Gasteiger partial charge in [-0.1, -0.05) is 6.92 Å². The van der Waals surface area contributed by atoms with Crippen molar-refractivity contribution in [3.05, 3.63) is 46.4 Å². The van der Waals surface area contributed by atoms with Gasteiger partial charge >= 0.3 is 5.63 Å². The molecule has 0 amide bonds. The van der Waals surface area contributed by atoms with Gasteiger partial charge < -0.3 is 24.4 Å². The number of pyridine rings is 1. The predicted octanol–water partition coefficient (Wildman–Crippen LogP) is 1.64. The first-order valence-electron chi connectivity index (χ1n) is 10.8. The van der Waals surface area contributed by atoms with Gasteiger partial charge in [0.1, 0.15) is 11.6 Å². The lowest BCUT2D eigenvalue weighted by Crippen LogP contribution is -2.31. The number of anilines is 1. The molecule has 2 aromatic heterocycles. The Labute approximate surface area is 204 Å². The third kappa shape index (κ3) is 6.98. The first-order chi connectivity index (χ1) is 16.0. The van der Waals surface area contributed by atoms with Gasteiger partial charge in [-0.25, -0.2) is 14.8 Å². The van der Waals surface area contributed by atoms with Crippen LogP contribution in [0, 0.1) is 0 Å².